The summed E-state index contributed by atoms with van der Waals surface area (Å²) in [5.74, 6) is -2.48. The summed E-state index contributed by atoms with van der Waals surface area (Å²) in [6.45, 7) is 2.86. The summed E-state index contributed by atoms with van der Waals surface area (Å²) in [6, 6.07) is 0. The largest absolute Gasteiger partial charge is 0.462 e. The van der Waals surface area contributed by atoms with E-state index in [1.54, 1.807) is 0 Å². The summed E-state index contributed by atoms with van der Waals surface area (Å²) >= 11 is 0. The lowest BCUT2D eigenvalue weighted by molar-refractivity contribution is -0.138. The van der Waals surface area contributed by atoms with E-state index in [9.17, 15) is 9.36 Å². The van der Waals surface area contributed by atoms with E-state index < -0.39 is 19.4 Å². The number of esters is 1. The third kappa shape index (κ3) is 5.54. The summed E-state index contributed by atoms with van der Waals surface area (Å²) in [6.07, 6.45) is 0.619. The lowest BCUT2D eigenvalue weighted by atomic mass is 10.5. The maximum atomic E-state index is 10.4. The predicted molar refractivity (Wildman–Crippen MR) is 43.8 cm³/mol. The quantitative estimate of drug-likeness (QED) is 0.324. The molecule has 0 aliphatic rings. The van der Waals surface area contributed by atoms with Gasteiger partial charge in [-0.15, -0.1) is 0 Å². The molecular formula is C6H11O6P. The standard InChI is InChI=1S/C6H11O6P/c1-2-5(7)12-4-3-6(8)13(9,10)11/h2,6,8H,1,3-4H2,(H2,9,10,11). The molecule has 0 fully saturated rings. The van der Waals surface area contributed by atoms with Crippen LogP contribution in [-0.2, 0) is 14.1 Å². The summed E-state index contributed by atoms with van der Waals surface area (Å²) in [7, 11) is -4.49. The Balaban J connectivity index is 3.72. The molecule has 0 aromatic carbocycles. The van der Waals surface area contributed by atoms with E-state index in [1.165, 1.54) is 0 Å². The first-order valence-electron chi connectivity index (χ1n) is 3.40. The lowest BCUT2D eigenvalue weighted by Gasteiger charge is -2.11. The minimum atomic E-state index is -4.49. The van der Waals surface area contributed by atoms with Gasteiger partial charge in [0.2, 0.25) is 0 Å². The minimum absolute atomic E-state index is 0.253. The molecular weight excluding hydrogens is 199 g/mol. The first-order chi connectivity index (χ1) is 5.88. The van der Waals surface area contributed by atoms with Crippen molar-refractivity contribution in [1.29, 1.82) is 0 Å². The molecule has 6 nitrogen and oxygen atoms in total. The first-order valence-corrected chi connectivity index (χ1v) is 5.08. The number of aliphatic hydroxyl groups is 1. The maximum absolute atomic E-state index is 10.4. The SMILES string of the molecule is C=CC(=O)OCCC(O)P(=O)(O)O. The average Bonchev–Trinajstić information content (AvgIpc) is 2.02. The molecule has 13 heavy (non-hydrogen) atoms. The fourth-order valence-electron chi connectivity index (χ4n) is 0.492. The number of ether oxygens (including phenoxy) is 1. The highest BCUT2D eigenvalue weighted by Gasteiger charge is 2.25. The molecule has 0 aromatic rings. The van der Waals surface area contributed by atoms with E-state index in [-0.39, 0.29) is 13.0 Å². The molecule has 3 N–H and O–H groups in total. The molecule has 0 rings (SSSR count). The van der Waals surface area contributed by atoms with Crippen LogP contribution in [-0.4, -0.2) is 33.3 Å². The van der Waals surface area contributed by atoms with Gasteiger partial charge >= 0.3 is 13.6 Å². The van der Waals surface area contributed by atoms with Crippen molar-refractivity contribution in [2.75, 3.05) is 6.61 Å². The topological polar surface area (TPSA) is 104 Å². The molecule has 0 aliphatic carbocycles. The molecule has 0 bridgehead atoms. The molecule has 0 heterocycles. The van der Waals surface area contributed by atoms with Gasteiger partial charge in [0.1, 0.15) is 0 Å². The molecule has 0 spiro atoms. The van der Waals surface area contributed by atoms with Crippen LogP contribution in [0.2, 0.25) is 0 Å². The van der Waals surface area contributed by atoms with Crippen molar-refractivity contribution >= 4 is 13.6 Å². The van der Waals surface area contributed by atoms with Crippen LogP contribution >= 0.6 is 7.60 Å². The third-order valence-electron chi connectivity index (χ3n) is 1.18. The molecule has 0 radical (unpaired) electrons. The van der Waals surface area contributed by atoms with Gasteiger partial charge in [-0.2, -0.15) is 0 Å². The van der Waals surface area contributed by atoms with Gasteiger partial charge < -0.3 is 19.6 Å². The van der Waals surface area contributed by atoms with E-state index in [1.807, 2.05) is 0 Å². The van der Waals surface area contributed by atoms with Gasteiger partial charge in [0.25, 0.3) is 0 Å². The molecule has 1 atom stereocenters. The zero-order valence-corrected chi connectivity index (χ0v) is 7.68. The Morgan fingerprint density at radius 3 is 2.54 bits per heavy atom. The molecule has 76 valence electrons. The normalized spacial score (nSPS) is 13.5. The Labute approximate surface area is 75.0 Å². The van der Waals surface area contributed by atoms with E-state index in [0.29, 0.717) is 0 Å². The highest BCUT2D eigenvalue weighted by Crippen LogP contribution is 2.40. The first kappa shape index (κ1) is 12.3. The molecule has 1 unspecified atom stereocenters. The Bertz CT molecular complexity index is 231. The van der Waals surface area contributed by atoms with Crippen molar-refractivity contribution in [3.8, 4) is 0 Å². The van der Waals surface area contributed by atoms with Crippen molar-refractivity contribution in [2.24, 2.45) is 0 Å². The Morgan fingerprint density at radius 2 is 2.15 bits per heavy atom. The zero-order chi connectivity index (χ0) is 10.5. The van der Waals surface area contributed by atoms with Crippen LogP contribution in [0.5, 0.6) is 0 Å². The van der Waals surface area contributed by atoms with Gasteiger partial charge in [-0.05, 0) is 0 Å². The zero-order valence-electron chi connectivity index (χ0n) is 6.79. The van der Waals surface area contributed by atoms with Gasteiger partial charge in [0.05, 0.1) is 6.61 Å². The van der Waals surface area contributed by atoms with Gasteiger partial charge in [0, 0.05) is 12.5 Å². The summed E-state index contributed by atoms with van der Waals surface area (Å²) in [4.78, 5) is 27.2. The van der Waals surface area contributed by atoms with Gasteiger partial charge in [-0.1, -0.05) is 6.58 Å². The van der Waals surface area contributed by atoms with Crippen molar-refractivity contribution in [3.05, 3.63) is 12.7 Å². The Kier molecular flexibility index (Phi) is 4.87. The highest BCUT2D eigenvalue weighted by atomic mass is 31.2. The molecule has 0 amide bonds. The van der Waals surface area contributed by atoms with Crippen LogP contribution in [0.3, 0.4) is 0 Å². The number of carbonyl (C=O) groups excluding carboxylic acids is 1. The van der Waals surface area contributed by atoms with Crippen LogP contribution < -0.4 is 0 Å². The van der Waals surface area contributed by atoms with Crippen molar-refractivity contribution in [3.63, 3.8) is 0 Å². The van der Waals surface area contributed by atoms with E-state index in [0.717, 1.165) is 6.08 Å². The molecule has 0 saturated heterocycles. The molecule has 0 saturated carbocycles. The van der Waals surface area contributed by atoms with Gasteiger partial charge in [-0.25, -0.2) is 4.79 Å². The number of hydrogen-bond donors (Lipinski definition) is 3. The average molecular weight is 210 g/mol. The van der Waals surface area contributed by atoms with Gasteiger partial charge in [0.15, 0.2) is 5.85 Å². The van der Waals surface area contributed by atoms with Crippen molar-refractivity contribution in [1.82, 2.24) is 0 Å². The number of carbonyl (C=O) groups is 1. The Morgan fingerprint density at radius 1 is 1.62 bits per heavy atom. The fourth-order valence-corrected chi connectivity index (χ4v) is 0.934. The Hall–Kier alpha value is -0.680. The van der Waals surface area contributed by atoms with E-state index >= 15 is 0 Å². The second-order valence-corrected chi connectivity index (χ2v) is 4.00. The third-order valence-corrected chi connectivity index (χ3v) is 2.21. The molecule has 0 aliphatic heterocycles. The van der Waals surface area contributed by atoms with E-state index in [4.69, 9.17) is 14.9 Å². The molecule has 0 aromatic heterocycles. The van der Waals surface area contributed by atoms with Crippen molar-refractivity contribution in [2.45, 2.75) is 12.3 Å². The number of hydrogen-bond acceptors (Lipinski definition) is 4. The predicted octanol–water partition coefficient (Wildman–Crippen LogP) is -0.398. The van der Waals surface area contributed by atoms with Crippen LogP contribution in [0.25, 0.3) is 0 Å². The van der Waals surface area contributed by atoms with Crippen LogP contribution in [0, 0.1) is 0 Å². The summed E-state index contributed by atoms with van der Waals surface area (Å²) < 4.78 is 14.8. The second kappa shape index (κ2) is 5.14. The highest BCUT2D eigenvalue weighted by molar-refractivity contribution is 7.52. The maximum Gasteiger partial charge on any atom is 0.353 e. The molecule has 7 heteroatoms. The number of rotatable bonds is 5. The minimum Gasteiger partial charge on any atom is -0.462 e. The van der Waals surface area contributed by atoms with Crippen LogP contribution in [0.1, 0.15) is 6.42 Å². The van der Waals surface area contributed by atoms with Crippen molar-refractivity contribution < 1.29 is 29.0 Å². The fraction of sp³-hybridized carbons (Fsp3) is 0.500. The second-order valence-electron chi connectivity index (χ2n) is 2.23. The smallest absolute Gasteiger partial charge is 0.353 e. The lowest BCUT2D eigenvalue weighted by Crippen LogP contribution is -2.12. The van der Waals surface area contributed by atoms with Crippen LogP contribution in [0.4, 0.5) is 0 Å². The summed E-state index contributed by atoms with van der Waals surface area (Å²) in [5, 5.41) is 8.79. The van der Waals surface area contributed by atoms with Crippen LogP contribution in [0.15, 0.2) is 12.7 Å². The van der Waals surface area contributed by atoms with E-state index in [2.05, 4.69) is 11.3 Å². The summed E-state index contributed by atoms with van der Waals surface area (Å²) in [5.41, 5.74) is 0. The van der Waals surface area contributed by atoms with Gasteiger partial charge in [-0.3, -0.25) is 4.57 Å². The monoisotopic (exact) mass is 210 g/mol. The number of aliphatic hydroxyl groups excluding tert-OH is 1.